The lowest BCUT2D eigenvalue weighted by atomic mass is 9.91. The predicted octanol–water partition coefficient (Wildman–Crippen LogP) is -1.09. The molecule has 0 spiro atoms. The summed E-state index contributed by atoms with van der Waals surface area (Å²) in [5.41, 5.74) is 1.24. The van der Waals surface area contributed by atoms with Crippen LogP contribution in [0, 0.1) is 0 Å². The van der Waals surface area contributed by atoms with Gasteiger partial charge in [0.25, 0.3) is 0 Å². The van der Waals surface area contributed by atoms with E-state index in [1.165, 1.54) is 0 Å². The van der Waals surface area contributed by atoms with Crippen molar-refractivity contribution in [3.63, 3.8) is 0 Å². The van der Waals surface area contributed by atoms with Crippen LogP contribution in [0.1, 0.15) is 20.7 Å². The molecule has 2 aliphatic rings. The Morgan fingerprint density at radius 1 is 1.00 bits per heavy atom. The fourth-order valence-corrected chi connectivity index (χ4v) is 3.15. The third-order valence-corrected chi connectivity index (χ3v) is 4.66. The molecule has 4 nitrogen and oxygen atoms in total. The van der Waals surface area contributed by atoms with Gasteiger partial charge >= 0.3 is 0 Å². The number of ketones is 2. The zero-order valence-electron chi connectivity index (χ0n) is 12.6. The first-order valence-corrected chi connectivity index (χ1v) is 7.44. The van der Waals surface area contributed by atoms with Crippen LogP contribution in [-0.4, -0.2) is 61.2 Å². The maximum Gasteiger partial charge on any atom is 0.211 e. The summed E-state index contributed by atoms with van der Waals surface area (Å²) in [5.74, 6) is -0.386. The Bertz CT molecular complexity index is 660. The number of Topliss-reactive ketones (excluding diaryl/α,β-unsaturated/α-hetero) is 2. The highest BCUT2D eigenvalue weighted by Crippen LogP contribution is 2.31. The topological polar surface area (TPSA) is 37.4 Å². The van der Waals surface area contributed by atoms with E-state index in [9.17, 15) is 9.59 Å². The second-order valence-electron chi connectivity index (χ2n) is 6.24. The van der Waals surface area contributed by atoms with Gasteiger partial charge < -0.3 is 33.4 Å². The standard InChI is InChI=1S/C16H18ClN2O2.HI/c1-19(2)9-7-18(8-10-19)14-13(17)15(20)11-5-3-4-6-12(11)16(14)21;/h3-6H,7-10H2,1-2H3;1H/q+1;/p-1. The number of fused-ring (bicyclic) bond motifs is 1. The summed E-state index contributed by atoms with van der Waals surface area (Å²) < 4.78 is 0.917. The number of carbonyl (C=O) groups excluding carboxylic acids is 2. The van der Waals surface area contributed by atoms with Gasteiger partial charge in [0.15, 0.2) is 0 Å². The molecule has 1 aliphatic heterocycles. The summed E-state index contributed by atoms with van der Waals surface area (Å²) in [6, 6.07) is 6.88. The van der Waals surface area contributed by atoms with Gasteiger partial charge in [-0.2, -0.15) is 0 Å². The van der Waals surface area contributed by atoms with Gasteiger partial charge in [0.2, 0.25) is 11.6 Å². The Labute approximate surface area is 152 Å². The first-order valence-electron chi connectivity index (χ1n) is 7.06. The molecule has 1 aromatic rings. The molecule has 0 saturated carbocycles. The van der Waals surface area contributed by atoms with Crippen LogP contribution in [-0.2, 0) is 0 Å². The van der Waals surface area contributed by atoms with E-state index in [0.29, 0.717) is 16.8 Å². The predicted molar refractivity (Wildman–Crippen MR) is 81.4 cm³/mol. The summed E-state index contributed by atoms with van der Waals surface area (Å²) in [6.07, 6.45) is 0. The van der Waals surface area contributed by atoms with Crippen LogP contribution in [0.4, 0.5) is 0 Å². The smallest absolute Gasteiger partial charge is 0.211 e. The second-order valence-corrected chi connectivity index (χ2v) is 6.61. The van der Waals surface area contributed by atoms with Crippen molar-refractivity contribution in [3.8, 4) is 0 Å². The van der Waals surface area contributed by atoms with Crippen LogP contribution in [0.2, 0.25) is 0 Å². The zero-order valence-corrected chi connectivity index (χ0v) is 15.5. The molecule has 0 amide bonds. The summed E-state index contributed by atoms with van der Waals surface area (Å²) >= 11 is 6.22. The summed E-state index contributed by atoms with van der Waals surface area (Å²) in [5, 5.41) is 0.0610. The fraction of sp³-hybridized carbons (Fsp3) is 0.375. The molecule has 22 heavy (non-hydrogen) atoms. The molecule has 1 fully saturated rings. The van der Waals surface area contributed by atoms with Crippen molar-refractivity contribution in [3.05, 3.63) is 46.1 Å². The van der Waals surface area contributed by atoms with Crippen molar-refractivity contribution in [2.24, 2.45) is 0 Å². The van der Waals surface area contributed by atoms with Gasteiger partial charge in [0.1, 0.15) is 10.7 Å². The molecule has 0 unspecified atom stereocenters. The number of quaternary nitrogens is 1. The third kappa shape index (κ3) is 2.94. The van der Waals surface area contributed by atoms with E-state index < -0.39 is 0 Å². The summed E-state index contributed by atoms with van der Waals surface area (Å²) in [7, 11) is 4.33. The lowest BCUT2D eigenvalue weighted by molar-refractivity contribution is -0.894. The number of likely N-dealkylation sites (N-methyl/N-ethyl adjacent to an activating group) is 1. The first-order chi connectivity index (χ1) is 9.91. The minimum atomic E-state index is -0.249. The maximum atomic E-state index is 12.7. The van der Waals surface area contributed by atoms with E-state index in [1.807, 2.05) is 4.90 Å². The maximum absolute atomic E-state index is 12.7. The van der Waals surface area contributed by atoms with E-state index >= 15 is 0 Å². The van der Waals surface area contributed by atoms with Crippen LogP contribution < -0.4 is 24.0 Å². The van der Waals surface area contributed by atoms with E-state index in [4.69, 9.17) is 11.6 Å². The second kappa shape index (κ2) is 6.29. The molecule has 1 aromatic carbocycles. The number of hydrogen-bond acceptors (Lipinski definition) is 3. The Hall–Kier alpha value is -0.920. The van der Waals surface area contributed by atoms with Crippen molar-refractivity contribution < 1.29 is 38.0 Å². The van der Waals surface area contributed by atoms with Crippen LogP contribution >= 0.6 is 11.6 Å². The Balaban J connectivity index is 0.00000176. The molecule has 0 N–H and O–H groups in total. The molecule has 1 aliphatic carbocycles. The number of carbonyl (C=O) groups is 2. The minimum Gasteiger partial charge on any atom is -1.00 e. The van der Waals surface area contributed by atoms with Gasteiger partial charge in [0.05, 0.1) is 40.3 Å². The molecular formula is C16H18ClIN2O2. The number of hydrogen-bond donors (Lipinski definition) is 0. The molecule has 6 heteroatoms. The van der Waals surface area contributed by atoms with Crippen LogP contribution in [0.25, 0.3) is 0 Å². The summed E-state index contributed by atoms with van der Waals surface area (Å²) in [6.45, 7) is 3.33. The molecule has 1 heterocycles. The Morgan fingerprint density at radius 2 is 1.50 bits per heavy atom. The van der Waals surface area contributed by atoms with Crippen molar-refractivity contribution in [1.82, 2.24) is 4.90 Å². The highest BCUT2D eigenvalue weighted by molar-refractivity contribution is 6.49. The van der Waals surface area contributed by atoms with Crippen LogP contribution in [0.15, 0.2) is 35.0 Å². The van der Waals surface area contributed by atoms with Crippen molar-refractivity contribution in [2.45, 2.75) is 0 Å². The lowest BCUT2D eigenvalue weighted by Gasteiger charge is -2.41. The number of benzene rings is 1. The van der Waals surface area contributed by atoms with Crippen molar-refractivity contribution >= 4 is 23.2 Å². The third-order valence-electron chi connectivity index (χ3n) is 4.31. The van der Waals surface area contributed by atoms with E-state index in [-0.39, 0.29) is 40.6 Å². The Morgan fingerprint density at radius 3 is 2.05 bits per heavy atom. The molecule has 0 atom stereocenters. The van der Waals surface area contributed by atoms with Gasteiger partial charge in [-0.15, -0.1) is 0 Å². The van der Waals surface area contributed by atoms with E-state index in [2.05, 4.69) is 14.1 Å². The van der Waals surface area contributed by atoms with Gasteiger partial charge in [0, 0.05) is 11.1 Å². The average molecular weight is 433 g/mol. The highest BCUT2D eigenvalue weighted by atomic mass is 127. The molecule has 0 radical (unpaired) electrons. The molecule has 0 bridgehead atoms. The number of rotatable bonds is 1. The van der Waals surface area contributed by atoms with Gasteiger partial charge in [-0.3, -0.25) is 9.59 Å². The van der Waals surface area contributed by atoms with E-state index in [0.717, 1.165) is 30.7 Å². The van der Waals surface area contributed by atoms with Gasteiger partial charge in [-0.25, -0.2) is 0 Å². The summed E-state index contributed by atoms with van der Waals surface area (Å²) in [4.78, 5) is 27.0. The van der Waals surface area contributed by atoms with Crippen molar-refractivity contribution in [1.29, 1.82) is 0 Å². The number of allylic oxidation sites excluding steroid dienone is 2. The number of halogens is 2. The Kier molecular flexibility index (Phi) is 4.99. The highest BCUT2D eigenvalue weighted by Gasteiger charge is 2.36. The minimum absolute atomic E-state index is 0. The molecule has 118 valence electrons. The molecule has 3 rings (SSSR count). The zero-order chi connectivity index (χ0) is 15.2. The van der Waals surface area contributed by atoms with E-state index in [1.54, 1.807) is 24.3 Å². The largest absolute Gasteiger partial charge is 1.00 e. The first kappa shape index (κ1) is 17.4. The quantitative estimate of drug-likeness (QED) is 0.418. The van der Waals surface area contributed by atoms with Crippen LogP contribution in [0.3, 0.4) is 0 Å². The average Bonchev–Trinajstić information content (AvgIpc) is 2.47. The molecular weight excluding hydrogens is 415 g/mol. The number of nitrogens with zero attached hydrogens (tertiary/aromatic N) is 2. The van der Waals surface area contributed by atoms with Gasteiger partial charge in [-0.1, -0.05) is 35.9 Å². The SMILES string of the molecule is C[N+]1(C)CCN(C2=C(Cl)C(=O)c3ccccc3C2=O)CC1.[I-]. The number of piperazine rings is 1. The molecule has 0 aromatic heterocycles. The van der Waals surface area contributed by atoms with Gasteiger partial charge in [-0.05, 0) is 0 Å². The lowest BCUT2D eigenvalue weighted by Crippen LogP contribution is -3.00. The fourth-order valence-electron chi connectivity index (χ4n) is 2.84. The molecule has 1 saturated heterocycles. The normalized spacial score (nSPS) is 20.6. The van der Waals surface area contributed by atoms with Crippen LogP contribution in [0.5, 0.6) is 0 Å². The monoisotopic (exact) mass is 432 g/mol. The van der Waals surface area contributed by atoms with Crippen molar-refractivity contribution in [2.75, 3.05) is 40.3 Å².